The first-order valence-corrected chi connectivity index (χ1v) is 10.9. The molecule has 0 unspecified atom stereocenters. The van der Waals surface area contributed by atoms with Crippen LogP contribution in [0.1, 0.15) is 15.9 Å². The number of amides is 1. The lowest BCUT2D eigenvalue weighted by Crippen LogP contribution is -2.40. The SMILES string of the molecule is O=C(Nc1cccc(C2=NCCN2)c1)c1ccc(S(=O)(=O)N2CCOCC2)cc1. The highest BCUT2D eigenvalue weighted by Crippen LogP contribution is 2.19. The normalized spacial score (nSPS) is 17.4. The molecule has 2 aromatic rings. The van der Waals surface area contributed by atoms with Crippen molar-refractivity contribution < 1.29 is 17.9 Å². The molecule has 0 spiro atoms. The Bertz CT molecular complexity index is 1030. The molecule has 1 fully saturated rings. The minimum atomic E-state index is -3.58. The summed E-state index contributed by atoms with van der Waals surface area (Å²) < 4.78 is 32.0. The van der Waals surface area contributed by atoms with Gasteiger partial charge in [0.15, 0.2) is 0 Å². The van der Waals surface area contributed by atoms with Gasteiger partial charge in [0.05, 0.1) is 24.7 Å². The molecule has 4 rings (SSSR count). The van der Waals surface area contributed by atoms with Gasteiger partial charge in [-0.2, -0.15) is 4.31 Å². The minimum Gasteiger partial charge on any atom is -0.379 e. The Morgan fingerprint density at radius 3 is 2.55 bits per heavy atom. The summed E-state index contributed by atoms with van der Waals surface area (Å²) in [7, 11) is -3.58. The van der Waals surface area contributed by atoms with Gasteiger partial charge in [-0.05, 0) is 36.4 Å². The first kappa shape index (κ1) is 19.6. The second-order valence-electron chi connectivity index (χ2n) is 6.73. The number of sulfonamides is 1. The van der Waals surface area contributed by atoms with Crippen molar-refractivity contribution in [1.29, 1.82) is 0 Å². The Balaban J connectivity index is 1.46. The summed E-state index contributed by atoms with van der Waals surface area (Å²) in [5.41, 5.74) is 1.94. The maximum absolute atomic E-state index is 12.7. The Kier molecular flexibility index (Phi) is 5.61. The van der Waals surface area contributed by atoms with Gasteiger partial charge in [0.25, 0.3) is 5.91 Å². The lowest BCUT2D eigenvalue weighted by Gasteiger charge is -2.26. The maximum Gasteiger partial charge on any atom is 0.255 e. The minimum absolute atomic E-state index is 0.170. The first-order chi connectivity index (χ1) is 14.0. The number of carbonyl (C=O) groups is 1. The highest BCUT2D eigenvalue weighted by Gasteiger charge is 2.26. The second-order valence-corrected chi connectivity index (χ2v) is 8.67. The lowest BCUT2D eigenvalue weighted by molar-refractivity contribution is 0.0730. The van der Waals surface area contributed by atoms with Gasteiger partial charge in [-0.1, -0.05) is 12.1 Å². The highest BCUT2D eigenvalue weighted by atomic mass is 32.2. The van der Waals surface area contributed by atoms with E-state index in [2.05, 4.69) is 15.6 Å². The molecule has 1 amide bonds. The predicted molar refractivity (Wildman–Crippen MR) is 110 cm³/mol. The number of hydrogen-bond donors (Lipinski definition) is 2. The third-order valence-corrected chi connectivity index (χ3v) is 6.71. The first-order valence-electron chi connectivity index (χ1n) is 9.42. The Hall–Kier alpha value is -2.75. The van der Waals surface area contributed by atoms with Crippen LogP contribution in [0.2, 0.25) is 0 Å². The maximum atomic E-state index is 12.7. The van der Waals surface area contributed by atoms with Crippen molar-refractivity contribution in [3.8, 4) is 0 Å². The zero-order valence-corrected chi connectivity index (χ0v) is 16.6. The number of benzene rings is 2. The number of aliphatic imine (C=N–C) groups is 1. The van der Waals surface area contributed by atoms with Crippen LogP contribution >= 0.6 is 0 Å². The van der Waals surface area contributed by atoms with Gasteiger partial charge in [-0.3, -0.25) is 9.79 Å². The van der Waals surface area contributed by atoms with Crippen LogP contribution in [0.3, 0.4) is 0 Å². The van der Waals surface area contributed by atoms with Crippen molar-refractivity contribution in [1.82, 2.24) is 9.62 Å². The van der Waals surface area contributed by atoms with Crippen LogP contribution in [0.4, 0.5) is 5.69 Å². The fourth-order valence-electron chi connectivity index (χ4n) is 3.25. The van der Waals surface area contributed by atoms with E-state index < -0.39 is 10.0 Å². The third-order valence-electron chi connectivity index (χ3n) is 4.79. The van der Waals surface area contributed by atoms with Crippen molar-refractivity contribution in [2.24, 2.45) is 4.99 Å². The molecule has 2 heterocycles. The van der Waals surface area contributed by atoms with Crippen molar-refractivity contribution in [2.45, 2.75) is 4.90 Å². The van der Waals surface area contributed by atoms with Crippen LogP contribution in [0.25, 0.3) is 0 Å². The van der Waals surface area contributed by atoms with Crippen LogP contribution in [0, 0.1) is 0 Å². The number of carbonyl (C=O) groups excluding carboxylic acids is 1. The topological polar surface area (TPSA) is 100 Å². The predicted octanol–water partition coefficient (Wildman–Crippen LogP) is 1.31. The Labute approximate surface area is 169 Å². The van der Waals surface area contributed by atoms with E-state index in [1.807, 2.05) is 18.2 Å². The molecule has 2 aliphatic heterocycles. The summed E-state index contributed by atoms with van der Waals surface area (Å²) in [4.78, 5) is 17.1. The number of amidine groups is 1. The number of nitrogens with zero attached hydrogens (tertiary/aromatic N) is 2. The van der Waals surface area contributed by atoms with Crippen LogP contribution in [0.5, 0.6) is 0 Å². The van der Waals surface area contributed by atoms with E-state index in [1.54, 1.807) is 6.07 Å². The molecule has 2 N–H and O–H groups in total. The third kappa shape index (κ3) is 4.31. The van der Waals surface area contributed by atoms with E-state index in [4.69, 9.17) is 4.74 Å². The summed E-state index contributed by atoms with van der Waals surface area (Å²) in [5, 5.41) is 6.05. The summed E-state index contributed by atoms with van der Waals surface area (Å²) in [6.45, 7) is 3.00. The molecule has 0 saturated carbocycles. The van der Waals surface area contributed by atoms with E-state index in [9.17, 15) is 13.2 Å². The molecular weight excluding hydrogens is 392 g/mol. The van der Waals surface area contributed by atoms with Crippen LogP contribution in [-0.2, 0) is 14.8 Å². The van der Waals surface area contributed by atoms with Crippen molar-refractivity contribution in [3.63, 3.8) is 0 Å². The smallest absolute Gasteiger partial charge is 0.255 e. The summed E-state index contributed by atoms with van der Waals surface area (Å²) >= 11 is 0. The average Bonchev–Trinajstić information content (AvgIpc) is 3.30. The van der Waals surface area contributed by atoms with E-state index in [-0.39, 0.29) is 10.8 Å². The number of rotatable bonds is 5. The van der Waals surface area contributed by atoms with Gasteiger partial charge in [-0.15, -0.1) is 0 Å². The average molecular weight is 414 g/mol. The number of nitrogens with one attached hydrogen (secondary N) is 2. The lowest BCUT2D eigenvalue weighted by atomic mass is 10.1. The summed E-state index contributed by atoms with van der Waals surface area (Å²) in [6, 6.07) is 13.4. The van der Waals surface area contributed by atoms with E-state index in [0.29, 0.717) is 37.6 Å². The van der Waals surface area contributed by atoms with Gasteiger partial charge in [0, 0.05) is 36.4 Å². The van der Waals surface area contributed by atoms with Crippen molar-refractivity contribution >= 4 is 27.5 Å². The molecule has 0 aromatic heterocycles. The van der Waals surface area contributed by atoms with E-state index in [0.717, 1.165) is 24.5 Å². The molecule has 0 aliphatic carbocycles. The Morgan fingerprint density at radius 2 is 1.86 bits per heavy atom. The molecule has 2 aromatic carbocycles. The molecule has 9 heteroatoms. The van der Waals surface area contributed by atoms with Crippen LogP contribution < -0.4 is 10.6 Å². The zero-order valence-electron chi connectivity index (χ0n) is 15.8. The van der Waals surface area contributed by atoms with Crippen LogP contribution in [0.15, 0.2) is 58.4 Å². The highest BCUT2D eigenvalue weighted by molar-refractivity contribution is 7.89. The molecule has 0 bridgehead atoms. The van der Waals surface area contributed by atoms with E-state index >= 15 is 0 Å². The molecule has 29 heavy (non-hydrogen) atoms. The molecular formula is C20H22N4O4S. The molecule has 2 aliphatic rings. The van der Waals surface area contributed by atoms with Gasteiger partial charge in [-0.25, -0.2) is 8.42 Å². The second kappa shape index (κ2) is 8.32. The molecule has 1 saturated heterocycles. The number of ether oxygens (including phenoxy) is 1. The molecule has 0 radical (unpaired) electrons. The summed E-state index contributed by atoms with van der Waals surface area (Å²) in [6.07, 6.45) is 0. The molecule has 0 atom stereocenters. The fourth-order valence-corrected chi connectivity index (χ4v) is 4.66. The number of hydrogen-bond acceptors (Lipinski definition) is 6. The van der Waals surface area contributed by atoms with Crippen molar-refractivity contribution in [3.05, 3.63) is 59.7 Å². The van der Waals surface area contributed by atoms with Gasteiger partial charge >= 0.3 is 0 Å². The summed E-state index contributed by atoms with van der Waals surface area (Å²) in [5.74, 6) is 0.512. The van der Waals surface area contributed by atoms with E-state index in [1.165, 1.54) is 28.6 Å². The largest absolute Gasteiger partial charge is 0.379 e. The standard InChI is InChI=1S/C20H22N4O4S/c25-20(23-17-3-1-2-16(14-17)19-21-8-9-22-19)15-4-6-18(7-5-15)29(26,27)24-10-12-28-13-11-24/h1-7,14H,8-13H2,(H,21,22)(H,23,25). The molecule has 8 nitrogen and oxygen atoms in total. The van der Waals surface area contributed by atoms with Gasteiger partial charge in [0.1, 0.15) is 5.84 Å². The number of morpholine rings is 1. The Morgan fingerprint density at radius 1 is 1.10 bits per heavy atom. The van der Waals surface area contributed by atoms with Crippen LogP contribution in [-0.4, -0.2) is 63.9 Å². The van der Waals surface area contributed by atoms with Gasteiger partial charge in [0.2, 0.25) is 10.0 Å². The van der Waals surface area contributed by atoms with Crippen molar-refractivity contribution in [2.75, 3.05) is 44.7 Å². The molecule has 152 valence electrons. The van der Waals surface area contributed by atoms with Gasteiger partial charge < -0.3 is 15.4 Å². The number of anilines is 1. The fraction of sp³-hybridized carbons (Fsp3) is 0.300. The quantitative estimate of drug-likeness (QED) is 0.768. The monoisotopic (exact) mass is 414 g/mol. The zero-order chi connectivity index (χ0) is 20.3.